The molecule has 1 aromatic rings. The molecule has 123 valence electrons. The van der Waals surface area contributed by atoms with E-state index in [1.54, 1.807) is 19.2 Å². The molecule has 0 spiro atoms. The highest BCUT2D eigenvalue weighted by atomic mass is 32.2. The Morgan fingerprint density at radius 2 is 1.86 bits per heavy atom. The third kappa shape index (κ3) is 5.45. The highest BCUT2D eigenvalue weighted by Gasteiger charge is 2.16. The molecule has 0 atom stereocenters. The lowest BCUT2D eigenvalue weighted by atomic mass is 10.2. The molecule has 0 bridgehead atoms. The van der Waals surface area contributed by atoms with E-state index in [-0.39, 0.29) is 0 Å². The molecule has 1 heterocycles. The van der Waals surface area contributed by atoms with Gasteiger partial charge in [0, 0.05) is 51.2 Å². The van der Waals surface area contributed by atoms with Crippen LogP contribution >= 0.6 is 0 Å². The second-order valence-corrected chi connectivity index (χ2v) is 6.41. The first kappa shape index (κ1) is 17.0. The fourth-order valence-corrected chi connectivity index (χ4v) is 2.65. The van der Waals surface area contributed by atoms with Crippen LogP contribution in [-0.2, 0) is 14.9 Å². The number of nitrogens with one attached hydrogen (secondary N) is 1. The third-order valence-corrected chi connectivity index (χ3v) is 4.01. The van der Waals surface area contributed by atoms with E-state index in [4.69, 9.17) is 9.29 Å². The highest BCUT2D eigenvalue weighted by molar-refractivity contribution is 7.87. The summed E-state index contributed by atoms with van der Waals surface area (Å²) >= 11 is 0. The minimum atomic E-state index is -4.13. The van der Waals surface area contributed by atoms with Crippen LogP contribution in [0, 0.1) is 5.88 Å². The van der Waals surface area contributed by atoms with Gasteiger partial charge in [-0.05, 0) is 24.3 Å². The zero-order valence-corrected chi connectivity index (χ0v) is 13.4. The van der Waals surface area contributed by atoms with Crippen LogP contribution in [0.4, 0.5) is 11.4 Å². The molecule has 0 aromatic heterocycles. The van der Waals surface area contributed by atoms with E-state index < -0.39 is 10.1 Å². The Bertz CT molecular complexity index is 554. The van der Waals surface area contributed by atoms with Crippen molar-refractivity contribution in [1.29, 1.82) is 0 Å². The van der Waals surface area contributed by atoms with E-state index in [1.807, 2.05) is 12.1 Å². The summed E-state index contributed by atoms with van der Waals surface area (Å²) < 4.78 is 35.0. The second-order valence-electron chi connectivity index (χ2n) is 5.15. The lowest BCUT2D eigenvalue weighted by Crippen LogP contribution is -2.47. The Labute approximate surface area is 131 Å². The molecular weight excluding hydrogens is 306 g/mol. The van der Waals surface area contributed by atoms with E-state index in [2.05, 4.69) is 15.1 Å². The van der Waals surface area contributed by atoms with Crippen LogP contribution in [0.2, 0.25) is 0 Å². The molecule has 1 aliphatic heterocycles. The maximum atomic E-state index is 10.6. The molecule has 7 nitrogen and oxygen atoms in total. The standard InChI is InChI=1S/C14H22N3O4S/c1-21-11-10-16-6-8-17(9-7-16)14-4-2-13(3-5-14)15-12-22(18,19)20/h2-5,12,15H,6-11H2,1H3,(H,18,19,20). The van der Waals surface area contributed by atoms with Gasteiger partial charge in [-0.2, -0.15) is 8.42 Å². The first-order chi connectivity index (χ1) is 10.5. The number of anilines is 2. The zero-order chi connectivity index (χ0) is 16.0. The number of hydrogen-bond donors (Lipinski definition) is 2. The van der Waals surface area contributed by atoms with Crippen LogP contribution in [0.25, 0.3) is 0 Å². The highest BCUT2D eigenvalue weighted by Crippen LogP contribution is 2.20. The predicted molar refractivity (Wildman–Crippen MR) is 86.4 cm³/mol. The summed E-state index contributed by atoms with van der Waals surface area (Å²) in [5.74, 6) is 0.663. The van der Waals surface area contributed by atoms with Crippen molar-refractivity contribution in [2.45, 2.75) is 0 Å². The summed E-state index contributed by atoms with van der Waals surface area (Å²) in [6.07, 6.45) is 0. The molecule has 1 saturated heterocycles. The van der Waals surface area contributed by atoms with Crippen molar-refractivity contribution in [2.24, 2.45) is 0 Å². The van der Waals surface area contributed by atoms with Gasteiger partial charge in [0.05, 0.1) is 6.61 Å². The van der Waals surface area contributed by atoms with Crippen LogP contribution in [0.15, 0.2) is 24.3 Å². The monoisotopic (exact) mass is 328 g/mol. The average Bonchev–Trinajstić information content (AvgIpc) is 2.51. The molecule has 1 aromatic carbocycles. The summed E-state index contributed by atoms with van der Waals surface area (Å²) in [6.45, 7) is 5.62. The van der Waals surface area contributed by atoms with Crippen LogP contribution in [0.5, 0.6) is 0 Å². The van der Waals surface area contributed by atoms with Gasteiger partial charge in [0.15, 0.2) is 5.88 Å². The van der Waals surface area contributed by atoms with E-state index in [9.17, 15) is 8.42 Å². The quantitative estimate of drug-likeness (QED) is 0.719. The molecule has 2 N–H and O–H groups in total. The molecule has 1 fully saturated rings. The lowest BCUT2D eigenvalue weighted by Gasteiger charge is -2.36. The molecule has 8 heteroatoms. The van der Waals surface area contributed by atoms with Crippen molar-refractivity contribution in [2.75, 3.05) is 56.7 Å². The van der Waals surface area contributed by atoms with Crippen LogP contribution < -0.4 is 10.2 Å². The molecule has 0 unspecified atom stereocenters. The van der Waals surface area contributed by atoms with Crippen LogP contribution in [0.3, 0.4) is 0 Å². The molecule has 22 heavy (non-hydrogen) atoms. The van der Waals surface area contributed by atoms with E-state index >= 15 is 0 Å². The maximum absolute atomic E-state index is 10.6. The third-order valence-electron chi connectivity index (χ3n) is 3.59. The molecule has 0 amide bonds. The van der Waals surface area contributed by atoms with Crippen molar-refractivity contribution in [1.82, 2.24) is 4.90 Å². The van der Waals surface area contributed by atoms with Crippen molar-refractivity contribution >= 4 is 21.5 Å². The molecular formula is C14H22N3O4S. The fourth-order valence-electron chi connectivity index (χ4n) is 2.36. The van der Waals surface area contributed by atoms with Gasteiger partial charge in [-0.1, -0.05) is 0 Å². The molecule has 0 saturated carbocycles. The molecule has 0 aliphatic carbocycles. The first-order valence-electron chi connectivity index (χ1n) is 7.11. The van der Waals surface area contributed by atoms with E-state index in [1.165, 1.54) is 0 Å². The summed E-state index contributed by atoms with van der Waals surface area (Å²) in [5.41, 5.74) is 1.71. The molecule has 1 radical (unpaired) electrons. The number of benzene rings is 1. The Morgan fingerprint density at radius 3 is 2.41 bits per heavy atom. The molecule has 2 rings (SSSR count). The second kappa shape index (κ2) is 7.77. The Kier molecular flexibility index (Phi) is 6.01. The number of ether oxygens (including phenoxy) is 1. The van der Waals surface area contributed by atoms with Gasteiger partial charge < -0.3 is 15.0 Å². The first-order valence-corrected chi connectivity index (χ1v) is 8.62. The smallest absolute Gasteiger partial charge is 0.289 e. The zero-order valence-electron chi connectivity index (χ0n) is 12.6. The summed E-state index contributed by atoms with van der Waals surface area (Å²) in [5, 5.41) is 2.54. The Morgan fingerprint density at radius 1 is 1.23 bits per heavy atom. The summed E-state index contributed by atoms with van der Waals surface area (Å²) in [6, 6.07) is 7.44. The largest absolute Gasteiger partial charge is 0.383 e. The average molecular weight is 328 g/mol. The topological polar surface area (TPSA) is 82.1 Å². The summed E-state index contributed by atoms with van der Waals surface area (Å²) in [4.78, 5) is 4.66. The maximum Gasteiger partial charge on any atom is 0.289 e. The van der Waals surface area contributed by atoms with Crippen molar-refractivity contribution in [3.63, 3.8) is 0 Å². The molecule has 1 aliphatic rings. The lowest BCUT2D eigenvalue weighted by molar-refractivity contribution is 0.144. The van der Waals surface area contributed by atoms with Crippen LogP contribution in [-0.4, -0.2) is 64.3 Å². The van der Waals surface area contributed by atoms with E-state index in [0.29, 0.717) is 11.6 Å². The normalized spacial score (nSPS) is 16.7. The number of nitrogens with zero attached hydrogens (tertiary/aromatic N) is 2. The van der Waals surface area contributed by atoms with E-state index in [0.717, 1.165) is 45.0 Å². The van der Waals surface area contributed by atoms with Crippen molar-refractivity contribution in [3.8, 4) is 0 Å². The number of rotatable bonds is 7. The Balaban J connectivity index is 1.84. The SMILES string of the molecule is COCCN1CCN(c2ccc(N[CH]S(=O)(=O)O)cc2)CC1. The number of hydrogen-bond acceptors (Lipinski definition) is 6. The number of piperazine rings is 1. The fraction of sp³-hybridized carbons (Fsp3) is 0.500. The van der Waals surface area contributed by atoms with Gasteiger partial charge in [-0.3, -0.25) is 9.45 Å². The van der Waals surface area contributed by atoms with Gasteiger partial charge in [0.1, 0.15) is 0 Å². The summed E-state index contributed by atoms with van der Waals surface area (Å²) in [7, 11) is -2.42. The van der Waals surface area contributed by atoms with Gasteiger partial charge in [-0.15, -0.1) is 0 Å². The van der Waals surface area contributed by atoms with Crippen molar-refractivity contribution < 1.29 is 17.7 Å². The van der Waals surface area contributed by atoms with Gasteiger partial charge in [-0.25, -0.2) is 0 Å². The predicted octanol–water partition coefficient (Wildman–Crippen LogP) is 0.874. The minimum Gasteiger partial charge on any atom is -0.383 e. The number of methoxy groups -OCH3 is 1. The van der Waals surface area contributed by atoms with Gasteiger partial charge in [0.2, 0.25) is 0 Å². The minimum absolute atomic E-state index is 0.611. The van der Waals surface area contributed by atoms with Crippen molar-refractivity contribution in [3.05, 3.63) is 30.1 Å². The van der Waals surface area contributed by atoms with Gasteiger partial charge in [0.25, 0.3) is 10.1 Å². The van der Waals surface area contributed by atoms with Gasteiger partial charge >= 0.3 is 0 Å². The van der Waals surface area contributed by atoms with Crippen LogP contribution in [0.1, 0.15) is 0 Å². The Hall–Kier alpha value is -1.35.